The van der Waals surface area contributed by atoms with Crippen LogP contribution in [0, 0.1) is 22.7 Å². The summed E-state index contributed by atoms with van der Waals surface area (Å²) in [5.41, 5.74) is 7.63. The highest BCUT2D eigenvalue weighted by Gasteiger charge is 2.17. The Morgan fingerprint density at radius 3 is 1.59 bits per heavy atom. The van der Waals surface area contributed by atoms with Gasteiger partial charge < -0.3 is 4.74 Å². The molecule has 0 spiro atoms. The number of nitriles is 2. The van der Waals surface area contributed by atoms with Gasteiger partial charge in [0, 0.05) is 81.4 Å². The maximum atomic E-state index is 13.5. The molecule has 8 aromatic rings. The van der Waals surface area contributed by atoms with Crippen LogP contribution in [-0.2, 0) is 16.1 Å². The number of ether oxygens (including phenoxy) is 1. The number of pyridine rings is 4. The molecule has 8 rings (SSSR count). The van der Waals surface area contributed by atoms with Crippen LogP contribution < -0.4 is 11.1 Å². The highest BCUT2D eigenvalue weighted by atomic mass is 32.2. The summed E-state index contributed by atoms with van der Waals surface area (Å²) in [6, 6.07) is 48.4. The first-order valence-corrected chi connectivity index (χ1v) is 20.2. The van der Waals surface area contributed by atoms with Crippen LogP contribution in [0.3, 0.4) is 0 Å². The lowest BCUT2D eigenvalue weighted by atomic mass is 9.99. The Hall–Kier alpha value is -8.12. The normalized spacial score (nSPS) is 10.4. The van der Waals surface area contributed by atoms with Gasteiger partial charge in [0.05, 0.1) is 34.7 Å². The Morgan fingerprint density at radius 2 is 1.11 bits per heavy atom. The maximum absolute atomic E-state index is 13.5. The highest BCUT2D eigenvalue weighted by Crippen LogP contribution is 2.28. The van der Waals surface area contributed by atoms with Crippen LogP contribution in [0.2, 0.25) is 0 Å². The highest BCUT2D eigenvalue weighted by molar-refractivity contribution is 7.98. The smallest absolute Gasteiger partial charge is 0.302 e. The molecule has 0 aliphatic rings. The molecule has 11 heteroatoms. The van der Waals surface area contributed by atoms with Gasteiger partial charge in [0.1, 0.15) is 6.61 Å². The number of aromatic nitrogens is 4. The minimum Gasteiger partial charge on any atom is -0.461 e. The van der Waals surface area contributed by atoms with Crippen LogP contribution in [0.4, 0.5) is 0 Å². The van der Waals surface area contributed by atoms with Crippen molar-refractivity contribution in [3.63, 3.8) is 0 Å². The number of hydrogen-bond acceptors (Lipinski definition) is 9. The predicted octanol–water partition coefficient (Wildman–Crippen LogP) is 9.66. The molecule has 0 amide bonds. The topological polar surface area (TPSA) is 144 Å². The van der Waals surface area contributed by atoms with E-state index in [9.17, 15) is 24.9 Å². The van der Waals surface area contributed by atoms with Crippen LogP contribution in [0.25, 0.3) is 56.1 Å². The Kier molecular flexibility index (Phi) is 12.8. The molecule has 0 atom stereocenters. The number of rotatable bonds is 9. The van der Waals surface area contributed by atoms with E-state index in [1.807, 2.05) is 85.1 Å². The quantitative estimate of drug-likeness (QED) is 0.103. The zero-order chi connectivity index (χ0) is 42.7. The van der Waals surface area contributed by atoms with Crippen LogP contribution >= 0.6 is 11.8 Å². The first kappa shape index (κ1) is 41.1. The Labute approximate surface area is 356 Å². The molecule has 0 saturated carbocycles. The molecule has 0 aliphatic carbocycles. The first-order chi connectivity index (χ1) is 29.8. The van der Waals surface area contributed by atoms with Gasteiger partial charge in [-0.1, -0.05) is 60.7 Å². The SMILES string of the molecule is CC(=O)OCc1cccc(-n2cc(-c3ccccn3)cc(-c3ccccc3C#N)c2=O)c1.CSc1ccc(-n2cc(-c3ccccn3)cc(-c3ccccc3C#N)c2=O)cc1. The van der Waals surface area contributed by atoms with Crippen molar-refractivity contribution < 1.29 is 9.53 Å². The van der Waals surface area contributed by atoms with E-state index >= 15 is 0 Å². The van der Waals surface area contributed by atoms with Gasteiger partial charge >= 0.3 is 5.97 Å². The second-order valence-corrected chi connectivity index (χ2v) is 14.4. The van der Waals surface area contributed by atoms with E-state index in [0.29, 0.717) is 44.8 Å². The second-order valence-electron chi connectivity index (χ2n) is 13.5. The third-order valence-corrected chi connectivity index (χ3v) is 10.4. The Balaban J connectivity index is 0.000000185. The van der Waals surface area contributed by atoms with Gasteiger partial charge in [-0.05, 0) is 96.7 Å². The minimum absolute atomic E-state index is 0.113. The number of thioether (sulfide) groups is 1. The van der Waals surface area contributed by atoms with E-state index in [4.69, 9.17) is 4.74 Å². The van der Waals surface area contributed by atoms with E-state index < -0.39 is 0 Å². The van der Waals surface area contributed by atoms with Crippen molar-refractivity contribution in [2.75, 3.05) is 6.26 Å². The lowest BCUT2D eigenvalue weighted by Gasteiger charge is -2.14. The molecule has 0 radical (unpaired) electrons. The van der Waals surface area contributed by atoms with Crippen molar-refractivity contribution in [3.8, 4) is 68.3 Å². The van der Waals surface area contributed by atoms with Gasteiger partial charge in [-0.25, -0.2) is 0 Å². The van der Waals surface area contributed by atoms with E-state index in [1.54, 1.807) is 108 Å². The van der Waals surface area contributed by atoms with Gasteiger partial charge in [-0.2, -0.15) is 10.5 Å². The summed E-state index contributed by atoms with van der Waals surface area (Å²) in [4.78, 5) is 48.1. The van der Waals surface area contributed by atoms with Gasteiger partial charge in [-0.3, -0.25) is 33.5 Å². The van der Waals surface area contributed by atoms with Crippen molar-refractivity contribution in [1.82, 2.24) is 19.1 Å². The van der Waals surface area contributed by atoms with E-state index in [1.165, 1.54) is 11.5 Å². The third kappa shape index (κ3) is 9.45. The van der Waals surface area contributed by atoms with Crippen molar-refractivity contribution in [2.45, 2.75) is 18.4 Å². The lowest BCUT2D eigenvalue weighted by Crippen LogP contribution is -2.20. The molecular formula is C50H36N6O4S. The fraction of sp³-hybridized carbons (Fsp3) is 0.0600. The summed E-state index contributed by atoms with van der Waals surface area (Å²) in [5.74, 6) is -0.375. The maximum Gasteiger partial charge on any atom is 0.302 e. The zero-order valence-electron chi connectivity index (χ0n) is 33.1. The van der Waals surface area contributed by atoms with E-state index in [0.717, 1.165) is 33.0 Å². The number of hydrogen-bond donors (Lipinski definition) is 0. The average molecular weight is 817 g/mol. The molecule has 296 valence electrons. The van der Waals surface area contributed by atoms with Crippen molar-refractivity contribution in [3.05, 3.63) is 208 Å². The number of benzene rings is 4. The predicted molar refractivity (Wildman–Crippen MR) is 238 cm³/mol. The average Bonchev–Trinajstić information content (AvgIpc) is 3.32. The van der Waals surface area contributed by atoms with Gasteiger partial charge in [0.25, 0.3) is 11.1 Å². The molecule has 0 N–H and O–H groups in total. The van der Waals surface area contributed by atoms with Gasteiger partial charge in [0.2, 0.25) is 0 Å². The van der Waals surface area contributed by atoms with E-state index in [2.05, 4.69) is 22.1 Å². The molecule has 0 bridgehead atoms. The Bertz CT molecular complexity index is 3060. The summed E-state index contributed by atoms with van der Waals surface area (Å²) < 4.78 is 8.25. The fourth-order valence-electron chi connectivity index (χ4n) is 6.64. The molecule has 0 fully saturated rings. The second kappa shape index (κ2) is 19.1. The molecule has 0 unspecified atom stereocenters. The lowest BCUT2D eigenvalue weighted by molar-refractivity contribution is -0.142. The van der Waals surface area contributed by atoms with E-state index in [-0.39, 0.29) is 23.7 Å². The third-order valence-electron chi connectivity index (χ3n) is 9.61. The van der Waals surface area contributed by atoms with Crippen molar-refractivity contribution in [1.29, 1.82) is 10.5 Å². The Morgan fingerprint density at radius 1 is 0.607 bits per heavy atom. The van der Waals surface area contributed by atoms with Crippen LogP contribution in [-0.4, -0.2) is 31.3 Å². The van der Waals surface area contributed by atoms with Crippen LogP contribution in [0.15, 0.2) is 185 Å². The van der Waals surface area contributed by atoms with Gasteiger partial charge in [-0.15, -0.1) is 11.8 Å². The minimum atomic E-state index is -0.375. The summed E-state index contributed by atoms with van der Waals surface area (Å²) in [6.07, 6.45) is 8.96. The number of carbonyl (C=O) groups excluding carboxylic acids is 1. The molecule has 61 heavy (non-hydrogen) atoms. The number of carbonyl (C=O) groups is 1. The number of nitrogens with zero attached hydrogens (tertiary/aromatic N) is 6. The molecule has 0 saturated heterocycles. The molecule has 4 aromatic heterocycles. The van der Waals surface area contributed by atoms with Crippen molar-refractivity contribution in [2.24, 2.45) is 0 Å². The molecule has 0 aliphatic heterocycles. The summed E-state index contributed by atoms with van der Waals surface area (Å²) in [5, 5.41) is 19.1. The van der Waals surface area contributed by atoms with Crippen LogP contribution in [0.1, 0.15) is 23.6 Å². The zero-order valence-corrected chi connectivity index (χ0v) is 33.9. The largest absolute Gasteiger partial charge is 0.461 e. The summed E-state index contributed by atoms with van der Waals surface area (Å²) in [7, 11) is 0. The first-order valence-electron chi connectivity index (χ1n) is 19.0. The summed E-state index contributed by atoms with van der Waals surface area (Å²) >= 11 is 1.65. The summed E-state index contributed by atoms with van der Waals surface area (Å²) in [6.45, 7) is 1.46. The van der Waals surface area contributed by atoms with Crippen molar-refractivity contribution >= 4 is 17.7 Å². The molecule has 4 heterocycles. The molecular weight excluding hydrogens is 781 g/mol. The van der Waals surface area contributed by atoms with Crippen LogP contribution in [0.5, 0.6) is 0 Å². The molecule has 4 aromatic carbocycles. The monoisotopic (exact) mass is 816 g/mol. The van der Waals surface area contributed by atoms with Gasteiger partial charge in [0.15, 0.2) is 0 Å². The fourth-order valence-corrected chi connectivity index (χ4v) is 7.04. The standard InChI is InChI=1S/C26H19N3O3.C24H17N3OS/c1-18(30)32-17-19-7-6-9-22(13-19)29-16-21(25-11-4-5-12-28-25)14-24(26(29)31)23-10-3-2-8-20(23)15-27;1-29-20-11-9-19(10-12-20)27-16-18(23-8-4-5-13-26-23)14-22(24(27)28)21-7-3-2-6-17(21)15-25/h2-14,16H,17H2,1H3;2-14,16H,1H3. The molecule has 10 nitrogen and oxygen atoms in total. The number of esters is 1.